The monoisotopic (exact) mass is 613 g/mol. The first-order valence-electron chi connectivity index (χ1n) is 13.8. The van der Waals surface area contributed by atoms with Crippen LogP contribution >= 0.6 is 11.3 Å². The molecule has 13 heteroatoms. The number of amides is 1. The van der Waals surface area contributed by atoms with Crippen LogP contribution in [0.25, 0.3) is 49.5 Å². The zero-order chi connectivity index (χ0) is 30.5. The summed E-state index contributed by atoms with van der Waals surface area (Å²) in [5, 5.41) is 25.0. The van der Waals surface area contributed by atoms with E-state index in [1.807, 2.05) is 47.4 Å². The molecule has 5 aromatic heterocycles. The number of fused-ring (bicyclic) bond motifs is 3. The standard InChI is InChI=1S/C31H25F2N7O3S/c1-3-26(42)39-15-20-12-23(37-40(20)13-17(39)2)30-28(27-22(33)10-19(32)11-24(27)43-8-7-41)31-21(6-9-44-31)29(35-30)18-4-5-25-36-34-16-38(25)14-18/h3-6,9-12,14,16-17,41H,1,7-8,13,15H2,2H3/t17-/m1/s1. The van der Waals surface area contributed by atoms with Crippen LogP contribution in [0.4, 0.5) is 8.78 Å². The second-order valence-corrected chi connectivity index (χ2v) is 11.3. The molecular formula is C31H25F2N7O3S. The van der Waals surface area contributed by atoms with Gasteiger partial charge in [-0.3, -0.25) is 13.9 Å². The lowest BCUT2D eigenvalue weighted by atomic mass is 9.96. The van der Waals surface area contributed by atoms with Crippen LogP contribution in [-0.4, -0.2) is 64.5 Å². The maximum Gasteiger partial charge on any atom is 0.246 e. The van der Waals surface area contributed by atoms with Gasteiger partial charge >= 0.3 is 0 Å². The molecule has 1 aliphatic rings. The quantitative estimate of drug-likeness (QED) is 0.250. The summed E-state index contributed by atoms with van der Waals surface area (Å²) in [6, 6.07) is 9.23. The summed E-state index contributed by atoms with van der Waals surface area (Å²) in [6.45, 7) is 5.81. The Bertz CT molecular complexity index is 2090. The topological polar surface area (TPSA) is 111 Å². The Morgan fingerprint density at radius 1 is 1.20 bits per heavy atom. The molecule has 1 amide bonds. The summed E-state index contributed by atoms with van der Waals surface area (Å²) in [4.78, 5) is 19.4. The molecule has 1 aromatic carbocycles. The number of aliphatic hydroxyl groups excluding tert-OH is 1. The van der Waals surface area contributed by atoms with Crippen LogP contribution in [-0.2, 0) is 17.9 Å². The lowest BCUT2D eigenvalue weighted by Crippen LogP contribution is -2.44. The van der Waals surface area contributed by atoms with Gasteiger partial charge in [0.15, 0.2) is 5.65 Å². The fraction of sp³-hybridized carbons (Fsp3) is 0.194. The van der Waals surface area contributed by atoms with E-state index in [-0.39, 0.29) is 36.5 Å². The molecule has 0 fully saturated rings. The van der Waals surface area contributed by atoms with Crippen molar-refractivity contribution in [1.29, 1.82) is 0 Å². The van der Waals surface area contributed by atoms with Gasteiger partial charge in [0.05, 0.1) is 36.6 Å². The van der Waals surface area contributed by atoms with Gasteiger partial charge in [-0.2, -0.15) is 5.10 Å². The highest BCUT2D eigenvalue weighted by Crippen LogP contribution is 2.47. The van der Waals surface area contributed by atoms with Crippen LogP contribution in [0.5, 0.6) is 5.75 Å². The number of aliphatic hydroxyl groups is 1. The summed E-state index contributed by atoms with van der Waals surface area (Å²) < 4.78 is 40.3. The van der Waals surface area contributed by atoms with Gasteiger partial charge in [0.1, 0.15) is 41.7 Å². The molecule has 44 heavy (non-hydrogen) atoms. The minimum absolute atomic E-state index is 0.0124. The lowest BCUT2D eigenvalue weighted by molar-refractivity contribution is -0.129. The Labute approximate surface area is 253 Å². The molecule has 0 spiro atoms. The number of carbonyl (C=O) groups excluding carboxylic acids is 1. The van der Waals surface area contributed by atoms with Gasteiger partial charge in [-0.25, -0.2) is 13.8 Å². The summed E-state index contributed by atoms with van der Waals surface area (Å²) in [5.74, 6) is -1.90. The third kappa shape index (κ3) is 4.61. The minimum Gasteiger partial charge on any atom is -0.490 e. The van der Waals surface area contributed by atoms with Crippen LogP contribution in [0.15, 0.2) is 67.0 Å². The van der Waals surface area contributed by atoms with E-state index in [1.54, 1.807) is 15.6 Å². The molecule has 6 aromatic rings. The number of pyridine rings is 2. The molecule has 1 N–H and O–H groups in total. The summed E-state index contributed by atoms with van der Waals surface area (Å²) in [5.41, 5.74) is 4.04. The highest BCUT2D eigenvalue weighted by molar-refractivity contribution is 7.18. The van der Waals surface area contributed by atoms with Crippen LogP contribution in [0.3, 0.4) is 0 Å². The van der Waals surface area contributed by atoms with E-state index in [1.165, 1.54) is 17.4 Å². The van der Waals surface area contributed by atoms with Crippen LogP contribution < -0.4 is 4.74 Å². The number of hydrogen-bond acceptors (Lipinski definition) is 8. The molecule has 7 rings (SSSR count). The number of ether oxygens (including phenoxy) is 1. The zero-order valence-corrected chi connectivity index (χ0v) is 24.3. The van der Waals surface area contributed by atoms with Crippen molar-refractivity contribution in [3.8, 4) is 39.5 Å². The second kappa shape index (κ2) is 10.9. The number of rotatable bonds is 7. The van der Waals surface area contributed by atoms with Gasteiger partial charge < -0.3 is 14.7 Å². The number of hydrogen-bond donors (Lipinski definition) is 1. The Morgan fingerprint density at radius 2 is 2.07 bits per heavy atom. The third-order valence-corrected chi connectivity index (χ3v) is 8.59. The number of aromatic nitrogens is 6. The maximum absolute atomic E-state index is 15.9. The van der Waals surface area contributed by atoms with Gasteiger partial charge in [0.2, 0.25) is 5.91 Å². The number of carbonyl (C=O) groups is 1. The Hall–Kier alpha value is -5.01. The highest BCUT2D eigenvalue weighted by Gasteiger charge is 2.30. The fourth-order valence-electron chi connectivity index (χ4n) is 5.64. The van der Waals surface area contributed by atoms with E-state index < -0.39 is 11.6 Å². The van der Waals surface area contributed by atoms with E-state index in [9.17, 15) is 14.3 Å². The summed E-state index contributed by atoms with van der Waals surface area (Å²) in [6.07, 6.45) is 4.75. The Balaban J connectivity index is 1.51. The first-order chi connectivity index (χ1) is 21.4. The first-order valence-corrected chi connectivity index (χ1v) is 14.7. The van der Waals surface area contributed by atoms with Crippen molar-refractivity contribution in [1.82, 2.24) is 34.3 Å². The molecule has 0 aliphatic carbocycles. The van der Waals surface area contributed by atoms with Crippen LogP contribution in [0.2, 0.25) is 0 Å². The van der Waals surface area contributed by atoms with Gasteiger partial charge in [-0.15, -0.1) is 21.5 Å². The van der Waals surface area contributed by atoms with E-state index in [0.29, 0.717) is 46.1 Å². The molecular weight excluding hydrogens is 588 g/mol. The average molecular weight is 614 g/mol. The molecule has 10 nitrogen and oxygen atoms in total. The van der Waals surface area contributed by atoms with E-state index in [0.717, 1.165) is 28.8 Å². The maximum atomic E-state index is 15.9. The predicted molar refractivity (Wildman–Crippen MR) is 161 cm³/mol. The summed E-state index contributed by atoms with van der Waals surface area (Å²) >= 11 is 1.38. The van der Waals surface area contributed by atoms with Crippen molar-refractivity contribution in [3.05, 3.63) is 84.3 Å². The smallest absolute Gasteiger partial charge is 0.246 e. The third-order valence-electron chi connectivity index (χ3n) is 7.66. The highest BCUT2D eigenvalue weighted by atomic mass is 32.1. The summed E-state index contributed by atoms with van der Waals surface area (Å²) in [7, 11) is 0. The van der Waals surface area contributed by atoms with E-state index >= 15 is 4.39 Å². The van der Waals surface area contributed by atoms with Crippen molar-refractivity contribution < 1.29 is 23.4 Å². The van der Waals surface area contributed by atoms with Crippen molar-refractivity contribution in [2.75, 3.05) is 13.2 Å². The van der Waals surface area contributed by atoms with Gasteiger partial charge in [-0.05, 0) is 42.6 Å². The first kappa shape index (κ1) is 27.8. The molecule has 0 unspecified atom stereocenters. The van der Waals surface area contributed by atoms with Crippen LogP contribution in [0.1, 0.15) is 12.6 Å². The molecule has 222 valence electrons. The minimum atomic E-state index is -0.838. The van der Waals surface area contributed by atoms with Gasteiger partial charge in [0.25, 0.3) is 0 Å². The lowest BCUT2D eigenvalue weighted by Gasteiger charge is -2.33. The van der Waals surface area contributed by atoms with Gasteiger partial charge in [0, 0.05) is 45.6 Å². The molecule has 0 radical (unpaired) electrons. The predicted octanol–water partition coefficient (Wildman–Crippen LogP) is 5.10. The second-order valence-electron chi connectivity index (χ2n) is 10.4. The van der Waals surface area contributed by atoms with E-state index in [4.69, 9.17) is 14.8 Å². The number of nitrogens with zero attached hydrogens (tertiary/aromatic N) is 7. The largest absolute Gasteiger partial charge is 0.490 e. The van der Waals surface area contributed by atoms with Crippen molar-refractivity contribution in [3.63, 3.8) is 0 Å². The normalized spacial score (nSPS) is 14.7. The van der Waals surface area contributed by atoms with E-state index in [2.05, 4.69) is 16.8 Å². The fourth-order valence-corrected chi connectivity index (χ4v) is 6.59. The Kier molecular flexibility index (Phi) is 6.90. The SMILES string of the molecule is C=CC(=O)N1Cc2cc(-c3nc(-c4ccc5nncn5c4)c4ccsc4c3-c3c(F)cc(F)cc3OCCO)nn2C[C@H]1C. The average Bonchev–Trinajstić information content (AvgIpc) is 3.78. The van der Waals surface area contributed by atoms with Crippen LogP contribution in [0, 0.1) is 11.6 Å². The molecule has 0 saturated carbocycles. The van der Waals surface area contributed by atoms with Crippen molar-refractivity contribution in [2.45, 2.75) is 26.1 Å². The zero-order valence-electron chi connectivity index (χ0n) is 23.4. The molecule has 0 bridgehead atoms. The molecule has 6 heterocycles. The molecule has 1 aliphatic heterocycles. The van der Waals surface area contributed by atoms with Crippen molar-refractivity contribution in [2.24, 2.45) is 0 Å². The number of benzene rings is 1. The van der Waals surface area contributed by atoms with Crippen molar-refractivity contribution >= 4 is 33.0 Å². The molecule has 0 saturated heterocycles. The molecule has 1 atom stereocenters. The number of thiophene rings is 1. The number of halogens is 2. The van der Waals surface area contributed by atoms with Gasteiger partial charge in [-0.1, -0.05) is 6.58 Å². The Morgan fingerprint density at radius 3 is 2.89 bits per heavy atom.